The second-order valence-corrected chi connectivity index (χ2v) is 7.05. The van der Waals surface area contributed by atoms with Crippen molar-refractivity contribution in [1.82, 2.24) is 4.90 Å². The lowest BCUT2D eigenvalue weighted by atomic mass is 9.86. The van der Waals surface area contributed by atoms with Crippen LogP contribution in [0.2, 0.25) is 0 Å². The van der Waals surface area contributed by atoms with E-state index in [1.807, 2.05) is 26.8 Å². The third kappa shape index (κ3) is 2.74. The van der Waals surface area contributed by atoms with E-state index in [2.05, 4.69) is 4.90 Å². The summed E-state index contributed by atoms with van der Waals surface area (Å²) in [5.74, 6) is 0.0233. The molecule has 2 heterocycles. The first kappa shape index (κ1) is 14.7. The van der Waals surface area contributed by atoms with Crippen LogP contribution in [0.25, 0.3) is 0 Å². The number of halogens is 1. The van der Waals surface area contributed by atoms with Crippen LogP contribution >= 0.6 is 0 Å². The lowest BCUT2D eigenvalue weighted by Crippen LogP contribution is -2.40. The first-order chi connectivity index (χ1) is 9.86. The molecule has 2 aliphatic rings. The number of hydrogen-bond acceptors (Lipinski definition) is 3. The third-order valence-corrected chi connectivity index (χ3v) is 4.49. The molecule has 2 atom stereocenters. The van der Waals surface area contributed by atoms with Crippen molar-refractivity contribution < 1.29 is 13.9 Å². The smallest absolute Gasteiger partial charge is 0.139 e. The lowest BCUT2D eigenvalue weighted by molar-refractivity contribution is -0.127. The number of rotatable bonds is 2. The molecule has 3 rings (SSSR count). The Morgan fingerprint density at radius 1 is 1.43 bits per heavy atom. The SMILES string of the molecule is CC(C)(C)C(=O)CC1COC2c3cc(F)ccc3CCN12. The standard InChI is InChI=1S/C17H22FNO2/c1-17(2,3)15(20)9-13-10-21-16-14-8-12(18)5-4-11(14)6-7-19(13)16/h4-5,8,13,16H,6-7,9-10H2,1-3H3. The highest BCUT2D eigenvalue weighted by Gasteiger charge is 2.40. The number of ether oxygens (including phenoxy) is 1. The molecule has 0 aromatic heterocycles. The number of fused-ring (bicyclic) bond motifs is 3. The number of hydrogen-bond donors (Lipinski definition) is 0. The second-order valence-electron chi connectivity index (χ2n) is 7.05. The van der Waals surface area contributed by atoms with Gasteiger partial charge in [-0.2, -0.15) is 0 Å². The average molecular weight is 291 g/mol. The predicted octanol–water partition coefficient (Wildman–Crippen LogP) is 3.09. The molecule has 2 unspecified atom stereocenters. The largest absolute Gasteiger partial charge is 0.357 e. The highest BCUT2D eigenvalue weighted by Crippen LogP contribution is 2.38. The molecule has 21 heavy (non-hydrogen) atoms. The third-order valence-electron chi connectivity index (χ3n) is 4.49. The molecule has 0 bridgehead atoms. The van der Waals surface area contributed by atoms with Crippen LogP contribution in [-0.4, -0.2) is 29.9 Å². The van der Waals surface area contributed by atoms with Crippen LogP contribution < -0.4 is 0 Å². The summed E-state index contributed by atoms with van der Waals surface area (Å²) >= 11 is 0. The van der Waals surface area contributed by atoms with Crippen molar-refractivity contribution in [3.05, 3.63) is 35.1 Å². The summed E-state index contributed by atoms with van der Waals surface area (Å²) < 4.78 is 19.4. The van der Waals surface area contributed by atoms with Crippen molar-refractivity contribution in [3.8, 4) is 0 Å². The van der Waals surface area contributed by atoms with E-state index in [1.54, 1.807) is 6.07 Å². The average Bonchev–Trinajstić information content (AvgIpc) is 2.81. The fraction of sp³-hybridized carbons (Fsp3) is 0.588. The Kier molecular flexibility index (Phi) is 3.62. The van der Waals surface area contributed by atoms with Crippen molar-refractivity contribution in [2.75, 3.05) is 13.2 Å². The van der Waals surface area contributed by atoms with Gasteiger partial charge < -0.3 is 4.74 Å². The highest BCUT2D eigenvalue weighted by atomic mass is 19.1. The zero-order valence-electron chi connectivity index (χ0n) is 12.9. The van der Waals surface area contributed by atoms with Gasteiger partial charge in [0.25, 0.3) is 0 Å². The van der Waals surface area contributed by atoms with Gasteiger partial charge in [0.15, 0.2) is 0 Å². The highest BCUT2D eigenvalue weighted by molar-refractivity contribution is 5.84. The van der Waals surface area contributed by atoms with Crippen LogP contribution in [0, 0.1) is 11.2 Å². The molecule has 0 N–H and O–H groups in total. The molecular formula is C17H22FNO2. The van der Waals surface area contributed by atoms with Crippen LogP contribution in [-0.2, 0) is 16.0 Å². The molecule has 1 saturated heterocycles. The molecule has 0 spiro atoms. The zero-order chi connectivity index (χ0) is 15.2. The maximum Gasteiger partial charge on any atom is 0.139 e. The monoisotopic (exact) mass is 291 g/mol. The van der Waals surface area contributed by atoms with Gasteiger partial charge in [-0.05, 0) is 24.1 Å². The quantitative estimate of drug-likeness (QED) is 0.838. The van der Waals surface area contributed by atoms with E-state index >= 15 is 0 Å². The molecule has 2 aliphatic heterocycles. The van der Waals surface area contributed by atoms with Crippen LogP contribution in [0.3, 0.4) is 0 Å². The summed E-state index contributed by atoms with van der Waals surface area (Å²) in [6.07, 6.45) is 1.20. The first-order valence-electron chi connectivity index (χ1n) is 7.55. The van der Waals surface area contributed by atoms with Crippen LogP contribution in [0.4, 0.5) is 4.39 Å². The minimum Gasteiger partial charge on any atom is -0.357 e. The Bertz CT molecular complexity index is 564. The molecule has 4 heteroatoms. The van der Waals surface area contributed by atoms with Gasteiger partial charge in [-0.25, -0.2) is 4.39 Å². The Balaban J connectivity index is 1.79. The Morgan fingerprint density at radius 2 is 2.19 bits per heavy atom. The molecule has 3 nitrogen and oxygen atoms in total. The van der Waals surface area contributed by atoms with E-state index in [-0.39, 0.29) is 29.3 Å². The van der Waals surface area contributed by atoms with E-state index in [0.717, 1.165) is 24.1 Å². The van der Waals surface area contributed by atoms with Crippen LogP contribution in [0.1, 0.15) is 44.5 Å². The maximum atomic E-state index is 13.5. The molecule has 0 aliphatic carbocycles. The van der Waals surface area contributed by atoms with Gasteiger partial charge in [-0.1, -0.05) is 26.8 Å². The molecule has 1 aromatic carbocycles. The lowest BCUT2D eigenvalue weighted by Gasteiger charge is -2.34. The van der Waals surface area contributed by atoms with Gasteiger partial charge in [-0.15, -0.1) is 0 Å². The van der Waals surface area contributed by atoms with E-state index in [1.165, 1.54) is 6.07 Å². The molecule has 0 saturated carbocycles. The number of carbonyl (C=O) groups excluding carboxylic acids is 1. The summed E-state index contributed by atoms with van der Waals surface area (Å²) in [4.78, 5) is 14.5. The Hall–Kier alpha value is -1.26. The van der Waals surface area contributed by atoms with Gasteiger partial charge in [0, 0.05) is 30.0 Å². The van der Waals surface area contributed by atoms with E-state index in [9.17, 15) is 9.18 Å². The topological polar surface area (TPSA) is 29.5 Å². The molecule has 1 fully saturated rings. The molecule has 1 aromatic rings. The number of carbonyl (C=O) groups is 1. The number of benzene rings is 1. The van der Waals surface area contributed by atoms with E-state index < -0.39 is 0 Å². The zero-order valence-corrected chi connectivity index (χ0v) is 12.9. The molecule has 0 amide bonds. The van der Waals surface area contributed by atoms with Crippen molar-refractivity contribution in [1.29, 1.82) is 0 Å². The Labute approximate surface area is 125 Å². The first-order valence-corrected chi connectivity index (χ1v) is 7.55. The van der Waals surface area contributed by atoms with Gasteiger partial charge in [0.1, 0.15) is 17.8 Å². The van der Waals surface area contributed by atoms with Gasteiger partial charge in [-0.3, -0.25) is 9.69 Å². The molecular weight excluding hydrogens is 269 g/mol. The number of ketones is 1. The fourth-order valence-electron chi connectivity index (χ4n) is 3.12. The summed E-state index contributed by atoms with van der Waals surface area (Å²) in [5.41, 5.74) is 1.75. The van der Waals surface area contributed by atoms with Crippen molar-refractivity contribution in [3.63, 3.8) is 0 Å². The fourth-order valence-corrected chi connectivity index (χ4v) is 3.12. The van der Waals surface area contributed by atoms with Gasteiger partial charge >= 0.3 is 0 Å². The van der Waals surface area contributed by atoms with E-state index in [4.69, 9.17) is 4.74 Å². The predicted molar refractivity (Wildman–Crippen MR) is 78.4 cm³/mol. The van der Waals surface area contributed by atoms with Crippen molar-refractivity contribution in [2.45, 2.75) is 45.9 Å². The second kappa shape index (κ2) is 5.18. The normalized spacial score (nSPS) is 25.5. The van der Waals surface area contributed by atoms with Crippen molar-refractivity contribution in [2.24, 2.45) is 5.41 Å². The Morgan fingerprint density at radius 3 is 2.90 bits per heavy atom. The molecule has 0 radical (unpaired) electrons. The summed E-state index contributed by atoms with van der Waals surface area (Å²) in [7, 11) is 0. The summed E-state index contributed by atoms with van der Waals surface area (Å²) in [5, 5.41) is 0. The van der Waals surface area contributed by atoms with Gasteiger partial charge in [0.05, 0.1) is 6.61 Å². The number of Topliss-reactive ketones (excluding diaryl/α,β-unsaturated/α-hetero) is 1. The van der Waals surface area contributed by atoms with Crippen molar-refractivity contribution >= 4 is 5.78 Å². The number of nitrogens with zero attached hydrogens (tertiary/aromatic N) is 1. The molecule has 114 valence electrons. The summed E-state index contributed by atoms with van der Waals surface area (Å²) in [6.45, 7) is 7.25. The van der Waals surface area contributed by atoms with E-state index in [0.29, 0.717) is 13.0 Å². The van der Waals surface area contributed by atoms with Crippen LogP contribution in [0.15, 0.2) is 18.2 Å². The minimum absolute atomic E-state index is 0.109. The van der Waals surface area contributed by atoms with Gasteiger partial charge in [0.2, 0.25) is 0 Å². The minimum atomic E-state index is -0.322. The maximum absolute atomic E-state index is 13.5. The van der Waals surface area contributed by atoms with Crippen LogP contribution in [0.5, 0.6) is 0 Å². The summed E-state index contributed by atoms with van der Waals surface area (Å²) in [6, 6.07) is 5.03.